The van der Waals surface area contributed by atoms with Crippen molar-refractivity contribution in [2.45, 2.75) is 19.4 Å². The highest BCUT2D eigenvalue weighted by atomic mass is 32.1. The van der Waals surface area contributed by atoms with Crippen LogP contribution in [0.4, 0.5) is 13.2 Å². The molecule has 1 atom stereocenters. The zero-order chi connectivity index (χ0) is 14.8. The van der Waals surface area contributed by atoms with E-state index in [1.165, 1.54) is 12.1 Å². The lowest BCUT2D eigenvalue weighted by molar-refractivity contribution is -0.274. The third-order valence-corrected chi connectivity index (χ3v) is 2.35. The number of aromatic amines is 1. The number of halogens is 3. The van der Waals surface area contributed by atoms with Crippen LogP contribution in [0.2, 0.25) is 0 Å². The van der Waals surface area contributed by atoms with Gasteiger partial charge in [0.15, 0.2) is 6.10 Å². The molecule has 1 aromatic heterocycles. The molecule has 1 N–H and O–H groups in total. The van der Waals surface area contributed by atoms with E-state index in [1.54, 1.807) is 6.92 Å². The average Bonchev–Trinajstić information content (AvgIpc) is 2.77. The number of ether oxygens (including phenoxy) is 2. The number of rotatable bonds is 4. The van der Waals surface area contributed by atoms with Gasteiger partial charge in [0.1, 0.15) is 11.5 Å². The Hall–Kier alpha value is -2.03. The second kappa shape index (κ2) is 5.53. The van der Waals surface area contributed by atoms with Crippen LogP contribution in [-0.4, -0.2) is 16.6 Å². The maximum atomic E-state index is 12.0. The summed E-state index contributed by atoms with van der Waals surface area (Å²) < 4.78 is 50.2. The smallest absolute Gasteiger partial charge is 0.481 e. The first-order valence-corrected chi connectivity index (χ1v) is 5.82. The minimum Gasteiger partial charge on any atom is -0.481 e. The zero-order valence-corrected chi connectivity index (χ0v) is 10.9. The Morgan fingerprint density at radius 3 is 2.35 bits per heavy atom. The molecule has 0 bridgehead atoms. The number of alkyl halides is 3. The second-order valence-electron chi connectivity index (χ2n) is 3.73. The Bertz CT molecular complexity index is 621. The van der Waals surface area contributed by atoms with E-state index in [0.717, 1.165) is 12.1 Å². The van der Waals surface area contributed by atoms with E-state index in [1.807, 2.05) is 0 Å². The van der Waals surface area contributed by atoms with Gasteiger partial charge in [0.25, 0.3) is 10.7 Å². The molecular formula is C11H9F3N2O3S. The molecule has 0 spiro atoms. The summed E-state index contributed by atoms with van der Waals surface area (Å²) in [6.45, 7) is 1.66. The first-order chi connectivity index (χ1) is 9.33. The van der Waals surface area contributed by atoms with Crippen molar-refractivity contribution in [3.63, 3.8) is 0 Å². The normalized spacial score (nSPS) is 13.0. The number of nitrogens with zero attached hydrogens (tertiary/aromatic N) is 1. The molecule has 0 amide bonds. The van der Waals surface area contributed by atoms with E-state index < -0.39 is 12.5 Å². The van der Waals surface area contributed by atoms with Crippen LogP contribution < -0.4 is 9.47 Å². The summed E-state index contributed by atoms with van der Waals surface area (Å²) in [7, 11) is 0. The van der Waals surface area contributed by atoms with Crippen molar-refractivity contribution in [1.29, 1.82) is 0 Å². The molecule has 0 aliphatic heterocycles. The van der Waals surface area contributed by atoms with Crippen molar-refractivity contribution in [3.05, 3.63) is 35.0 Å². The van der Waals surface area contributed by atoms with Gasteiger partial charge in [-0.05, 0) is 43.4 Å². The predicted molar refractivity (Wildman–Crippen MR) is 63.9 cm³/mol. The number of hydrogen-bond acceptors (Lipinski definition) is 5. The lowest BCUT2D eigenvalue weighted by atomic mass is 10.3. The summed E-state index contributed by atoms with van der Waals surface area (Å²) in [5.41, 5.74) is 0. The van der Waals surface area contributed by atoms with Gasteiger partial charge < -0.3 is 13.9 Å². The highest BCUT2D eigenvalue weighted by Gasteiger charge is 2.31. The Balaban J connectivity index is 2.02. The SMILES string of the molecule is CC(Oc1ccc(OC(F)(F)F)cc1)c1n[nH]c(=S)o1. The zero-order valence-electron chi connectivity index (χ0n) is 10.1. The molecule has 5 nitrogen and oxygen atoms in total. The first-order valence-electron chi connectivity index (χ1n) is 5.41. The van der Waals surface area contributed by atoms with Crippen LogP contribution in [0.25, 0.3) is 0 Å². The van der Waals surface area contributed by atoms with Gasteiger partial charge in [0.2, 0.25) is 0 Å². The minimum atomic E-state index is -4.72. The molecule has 9 heteroatoms. The number of nitrogens with one attached hydrogen (secondary N) is 1. The number of hydrogen-bond donors (Lipinski definition) is 1. The fraction of sp³-hybridized carbons (Fsp3) is 0.273. The van der Waals surface area contributed by atoms with E-state index in [4.69, 9.17) is 21.4 Å². The topological polar surface area (TPSA) is 60.3 Å². The molecular weight excluding hydrogens is 297 g/mol. The molecule has 0 radical (unpaired) electrons. The summed E-state index contributed by atoms with van der Waals surface area (Å²) >= 11 is 4.72. The van der Waals surface area contributed by atoms with E-state index in [9.17, 15) is 13.2 Å². The molecule has 0 aliphatic rings. The highest BCUT2D eigenvalue weighted by molar-refractivity contribution is 7.71. The van der Waals surface area contributed by atoms with Crippen LogP contribution in [0, 0.1) is 4.84 Å². The largest absolute Gasteiger partial charge is 0.573 e. The van der Waals surface area contributed by atoms with Crippen LogP contribution in [0.1, 0.15) is 18.9 Å². The van der Waals surface area contributed by atoms with Crippen molar-refractivity contribution in [2.75, 3.05) is 0 Å². The van der Waals surface area contributed by atoms with E-state index in [2.05, 4.69) is 14.9 Å². The predicted octanol–water partition coefficient (Wildman–Crippen LogP) is 3.77. The number of benzene rings is 1. The van der Waals surface area contributed by atoms with Crippen LogP contribution in [0.15, 0.2) is 28.7 Å². The molecule has 20 heavy (non-hydrogen) atoms. The molecule has 2 rings (SSSR count). The van der Waals surface area contributed by atoms with Crippen LogP contribution in [0.3, 0.4) is 0 Å². The Morgan fingerprint density at radius 2 is 1.85 bits per heavy atom. The number of aromatic nitrogens is 2. The molecule has 0 fully saturated rings. The van der Waals surface area contributed by atoms with E-state index in [0.29, 0.717) is 5.75 Å². The Morgan fingerprint density at radius 1 is 1.25 bits per heavy atom. The molecule has 1 aromatic carbocycles. The molecule has 0 aliphatic carbocycles. The fourth-order valence-electron chi connectivity index (χ4n) is 1.39. The third kappa shape index (κ3) is 3.98. The van der Waals surface area contributed by atoms with Gasteiger partial charge in [-0.2, -0.15) is 0 Å². The molecule has 2 aromatic rings. The monoisotopic (exact) mass is 306 g/mol. The van der Waals surface area contributed by atoms with Crippen molar-refractivity contribution < 1.29 is 27.1 Å². The van der Waals surface area contributed by atoms with Gasteiger partial charge in [-0.3, -0.25) is 0 Å². The Kier molecular flexibility index (Phi) is 3.98. The van der Waals surface area contributed by atoms with Gasteiger partial charge >= 0.3 is 6.36 Å². The second-order valence-corrected chi connectivity index (χ2v) is 4.10. The van der Waals surface area contributed by atoms with E-state index >= 15 is 0 Å². The van der Waals surface area contributed by atoms with E-state index in [-0.39, 0.29) is 16.5 Å². The lowest BCUT2D eigenvalue weighted by Crippen LogP contribution is -2.17. The third-order valence-electron chi connectivity index (χ3n) is 2.17. The molecule has 1 unspecified atom stereocenters. The van der Waals surface area contributed by atoms with Gasteiger partial charge in [-0.25, -0.2) is 5.10 Å². The maximum Gasteiger partial charge on any atom is 0.573 e. The summed E-state index contributed by atoms with van der Waals surface area (Å²) in [4.78, 5) is 0.115. The summed E-state index contributed by atoms with van der Waals surface area (Å²) in [6.07, 6.45) is -5.26. The molecule has 108 valence electrons. The summed E-state index contributed by atoms with van der Waals surface area (Å²) in [5.74, 6) is 0.261. The fourth-order valence-corrected chi connectivity index (χ4v) is 1.52. The Labute approximate surface area is 116 Å². The summed E-state index contributed by atoms with van der Waals surface area (Å²) in [5, 5.41) is 6.23. The molecule has 1 heterocycles. The summed E-state index contributed by atoms with van der Waals surface area (Å²) in [6, 6.07) is 4.99. The molecule has 0 saturated heterocycles. The maximum absolute atomic E-state index is 12.0. The minimum absolute atomic E-state index is 0.115. The van der Waals surface area contributed by atoms with Crippen LogP contribution in [-0.2, 0) is 0 Å². The van der Waals surface area contributed by atoms with Crippen molar-refractivity contribution in [2.24, 2.45) is 0 Å². The average molecular weight is 306 g/mol. The quantitative estimate of drug-likeness (QED) is 0.871. The number of H-pyrrole nitrogens is 1. The van der Waals surface area contributed by atoms with Crippen molar-refractivity contribution in [1.82, 2.24) is 10.2 Å². The van der Waals surface area contributed by atoms with Gasteiger partial charge in [0, 0.05) is 0 Å². The van der Waals surface area contributed by atoms with Crippen LogP contribution in [0.5, 0.6) is 11.5 Å². The molecule has 0 saturated carbocycles. The van der Waals surface area contributed by atoms with Gasteiger partial charge in [0.05, 0.1) is 0 Å². The lowest BCUT2D eigenvalue weighted by Gasteiger charge is -2.12. The van der Waals surface area contributed by atoms with Gasteiger partial charge in [-0.15, -0.1) is 18.3 Å². The highest BCUT2D eigenvalue weighted by Crippen LogP contribution is 2.26. The van der Waals surface area contributed by atoms with Crippen molar-refractivity contribution >= 4 is 12.2 Å². The van der Waals surface area contributed by atoms with Gasteiger partial charge in [-0.1, -0.05) is 0 Å². The standard InChI is InChI=1S/C11H9F3N2O3S/c1-6(9-15-16-10(20)18-9)17-7-2-4-8(5-3-7)19-11(12,13)14/h2-6H,1H3,(H,16,20). The van der Waals surface area contributed by atoms with Crippen molar-refractivity contribution in [3.8, 4) is 11.5 Å². The van der Waals surface area contributed by atoms with Crippen LogP contribution >= 0.6 is 12.2 Å². The first kappa shape index (κ1) is 14.4.